The molecule has 0 heterocycles. The van der Waals surface area contributed by atoms with Crippen LogP contribution < -0.4 is 0 Å². The smallest absolute Gasteiger partial charge is 0.382 e. The number of carbonyl (C=O) groups is 4. The van der Waals surface area contributed by atoms with Crippen LogP contribution in [0.3, 0.4) is 0 Å². The van der Waals surface area contributed by atoms with Crippen molar-refractivity contribution in [2.75, 3.05) is 0 Å². The van der Waals surface area contributed by atoms with Gasteiger partial charge < -0.3 is 14.2 Å². The van der Waals surface area contributed by atoms with E-state index in [1.54, 1.807) is 0 Å². The topological polar surface area (TPSA) is 96.0 Å². The van der Waals surface area contributed by atoms with Gasteiger partial charge in [-0.25, -0.2) is 0 Å². The molecule has 0 aromatic rings. The molecule has 0 aliphatic heterocycles. The Kier molecular flexibility index (Phi) is 7.89. The molecule has 0 fully saturated rings. The third-order valence-electron chi connectivity index (χ3n) is 1.27. The van der Waals surface area contributed by atoms with E-state index in [0.29, 0.717) is 0 Å². The van der Waals surface area contributed by atoms with Gasteiger partial charge in [0.05, 0.1) is 0 Å². The van der Waals surface area contributed by atoms with Crippen LogP contribution in [-0.4, -0.2) is 29.7 Å². The molecule has 0 saturated carbocycles. The van der Waals surface area contributed by atoms with E-state index < -0.39 is 29.7 Å². The molecule has 17 heavy (non-hydrogen) atoms. The number of carbonyl (C=O) groups excluding carboxylic acids is 4. The maximum atomic E-state index is 11.2. The van der Waals surface area contributed by atoms with Gasteiger partial charge in [-0.05, 0) is 0 Å². The molecule has 0 bridgehead atoms. The van der Waals surface area contributed by atoms with Crippen LogP contribution in [0.1, 0.15) is 27.7 Å². The predicted molar refractivity (Wildman–Crippen MR) is 48.7 cm³/mol. The van der Waals surface area contributed by atoms with Gasteiger partial charge in [0.1, 0.15) is 0 Å². The molecule has 0 aromatic heterocycles. The van der Waals surface area contributed by atoms with Crippen molar-refractivity contribution in [3.63, 3.8) is 0 Å². The predicted octanol–water partition coefficient (Wildman–Crippen LogP) is -0.0840. The minimum atomic E-state index is -2.62. The van der Waals surface area contributed by atoms with E-state index >= 15 is 0 Å². The SMILES string of the molecule is CC(=O)OC(OC(C)=O)(OC(C)=O)C(C)=O.[Zr]. The molecule has 0 aromatic carbocycles. The largest absolute Gasteiger partial charge is 0.488 e. The van der Waals surface area contributed by atoms with E-state index in [9.17, 15) is 19.2 Å². The summed E-state index contributed by atoms with van der Waals surface area (Å²) in [6.07, 6.45) is 0. The van der Waals surface area contributed by atoms with Crippen LogP contribution >= 0.6 is 0 Å². The zero-order valence-corrected chi connectivity index (χ0v) is 12.3. The van der Waals surface area contributed by atoms with E-state index in [0.717, 1.165) is 27.7 Å². The van der Waals surface area contributed by atoms with Crippen LogP contribution in [0.5, 0.6) is 0 Å². The monoisotopic (exact) mass is 322 g/mol. The van der Waals surface area contributed by atoms with Crippen molar-refractivity contribution in [1.29, 1.82) is 0 Å². The van der Waals surface area contributed by atoms with E-state index in [4.69, 9.17) is 0 Å². The molecule has 0 spiro atoms. The Morgan fingerprint density at radius 1 is 0.706 bits per heavy atom. The van der Waals surface area contributed by atoms with E-state index in [2.05, 4.69) is 14.2 Å². The molecular formula is C9H12O7Zr. The van der Waals surface area contributed by atoms with E-state index in [-0.39, 0.29) is 26.2 Å². The molecule has 0 rings (SSSR count). The first kappa shape index (κ1) is 18.3. The number of hydrogen-bond acceptors (Lipinski definition) is 7. The summed E-state index contributed by atoms with van der Waals surface area (Å²) in [6, 6.07) is 0. The van der Waals surface area contributed by atoms with Crippen LogP contribution in [0, 0.1) is 0 Å². The third-order valence-corrected chi connectivity index (χ3v) is 1.27. The van der Waals surface area contributed by atoms with E-state index in [1.165, 1.54) is 0 Å². The maximum Gasteiger partial charge on any atom is 0.488 e. The van der Waals surface area contributed by atoms with Gasteiger partial charge in [-0.3, -0.25) is 19.2 Å². The van der Waals surface area contributed by atoms with Crippen molar-refractivity contribution in [1.82, 2.24) is 0 Å². The Hall–Kier alpha value is -1.04. The molecule has 0 saturated heterocycles. The molecule has 0 unspecified atom stereocenters. The van der Waals surface area contributed by atoms with Crippen molar-refractivity contribution in [3.05, 3.63) is 0 Å². The molecule has 0 amide bonds. The van der Waals surface area contributed by atoms with Gasteiger partial charge in [-0.15, -0.1) is 0 Å². The van der Waals surface area contributed by atoms with Crippen molar-refractivity contribution >= 4 is 23.7 Å². The van der Waals surface area contributed by atoms with Crippen LogP contribution in [0.25, 0.3) is 0 Å². The van der Waals surface area contributed by atoms with Crippen LogP contribution in [-0.2, 0) is 59.6 Å². The normalized spacial score (nSPS) is 9.65. The molecule has 94 valence electrons. The summed E-state index contributed by atoms with van der Waals surface area (Å²) >= 11 is 0. The zero-order valence-electron chi connectivity index (χ0n) is 9.86. The van der Waals surface area contributed by atoms with Gasteiger partial charge in [-0.1, -0.05) is 0 Å². The van der Waals surface area contributed by atoms with Gasteiger partial charge in [0.2, 0.25) is 0 Å². The molecule has 0 N–H and O–H groups in total. The summed E-state index contributed by atoms with van der Waals surface area (Å²) in [5.74, 6) is -6.36. The van der Waals surface area contributed by atoms with E-state index in [1.807, 2.05) is 0 Å². The van der Waals surface area contributed by atoms with Crippen molar-refractivity contribution < 1.29 is 59.6 Å². The molecule has 0 aliphatic rings. The molecular weight excluding hydrogens is 311 g/mol. The first-order chi connectivity index (χ1) is 7.19. The van der Waals surface area contributed by atoms with Gasteiger partial charge in [-0.2, -0.15) is 0 Å². The second-order valence-corrected chi connectivity index (χ2v) is 2.89. The van der Waals surface area contributed by atoms with Crippen molar-refractivity contribution in [3.8, 4) is 0 Å². The second-order valence-electron chi connectivity index (χ2n) is 2.89. The Morgan fingerprint density at radius 2 is 0.941 bits per heavy atom. The Balaban J connectivity index is 0. The number of esters is 3. The second kappa shape index (κ2) is 7.32. The van der Waals surface area contributed by atoms with Gasteiger partial charge in [0.15, 0.2) is 0 Å². The first-order valence-electron chi connectivity index (χ1n) is 4.29. The fraction of sp³-hybridized carbons (Fsp3) is 0.556. The molecule has 0 aliphatic carbocycles. The summed E-state index contributed by atoms with van der Waals surface area (Å²) in [4.78, 5) is 43.5. The quantitative estimate of drug-likeness (QED) is 0.527. The molecule has 0 radical (unpaired) electrons. The average Bonchev–Trinajstić information content (AvgIpc) is 1.98. The fourth-order valence-electron chi connectivity index (χ4n) is 0.846. The van der Waals surface area contributed by atoms with Crippen molar-refractivity contribution in [2.45, 2.75) is 33.7 Å². The van der Waals surface area contributed by atoms with Crippen LogP contribution in [0.15, 0.2) is 0 Å². The summed E-state index contributed by atoms with van der Waals surface area (Å²) in [6.45, 7) is 3.88. The number of Topliss-reactive ketones (excluding diaryl/α,β-unsaturated/α-hetero) is 1. The Morgan fingerprint density at radius 3 is 1.06 bits per heavy atom. The Labute approximate surface area is 117 Å². The van der Waals surface area contributed by atoms with Gasteiger partial charge in [0.25, 0.3) is 5.78 Å². The molecule has 7 nitrogen and oxygen atoms in total. The number of ether oxygens (including phenoxy) is 3. The maximum absolute atomic E-state index is 11.2. The minimum absolute atomic E-state index is 0. The van der Waals surface area contributed by atoms with Crippen LogP contribution in [0.4, 0.5) is 0 Å². The number of ketones is 1. The molecule has 8 heteroatoms. The fourth-order valence-corrected chi connectivity index (χ4v) is 0.846. The minimum Gasteiger partial charge on any atom is -0.382 e. The summed E-state index contributed by atoms with van der Waals surface area (Å²) in [5, 5.41) is 0. The first-order valence-corrected chi connectivity index (χ1v) is 4.29. The summed E-state index contributed by atoms with van der Waals surface area (Å²) in [7, 11) is 0. The number of hydrogen-bond donors (Lipinski definition) is 0. The molecule has 0 atom stereocenters. The van der Waals surface area contributed by atoms with Gasteiger partial charge >= 0.3 is 23.9 Å². The third kappa shape index (κ3) is 6.31. The van der Waals surface area contributed by atoms with Gasteiger partial charge in [0, 0.05) is 53.9 Å². The Bertz CT molecular complexity index is 295. The zero-order chi connectivity index (χ0) is 12.9. The standard InChI is InChI=1S/C9H12O7.Zr/c1-5(10)9(14-6(2)11,15-7(3)12)16-8(4)13;/h1-4H3;. The summed E-state index contributed by atoms with van der Waals surface area (Å²) in [5.41, 5.74) is 0. The summed E-state index contributed by atoms with van der Waals surface area (Å²) < 4.78 is 13.3. The van der Waals surface area contributed by atoms with Crippen LogP contribution in [0.2, 0.25) is 0 Å². The average molecular weight is 323 g/mol. The number of rotatable bonds is 4. The van der Waals surface area contributed by atoms with Crippen molar-refractivity contribution in [2.24, 2.45) is 0 Å².